The summed E-state index contributed by atoms with van der Waals surface area (Å²) in [5.41, 5.74) is 0. The van der Waals surface area contributed by atoms with Gasteiger partial charge in [0.15, 0.2) is 0 Å². The Bertz CT molecular complexity index is 409. The van der Waals surface area contributed by atoms with Crippen LogP contribution in [0, 0.1) is 0 Å². The molecule has 90 valence electrons. The second kappa shape index (κ2) is 5.73. The molecule has 0 aromatic carbocycles. The van der Waals surface area contributed by atoms with Crippen LogP contribution in [0.1, 0.15) is 6.42 Å². The van der Waals surface area contributed by atoms with Gasteiger partial charge < -0.3 is 5.11 Å². The molecule has 0 radical (unpaired) electrons. The summed E-state index contributed by atoms with van der Waals surface area (Å²) in [6.07, 6.45) is 3.27. The van der Waals surface area contributed by atoms with Crippen molar-refractivity contribution in [3.8, 4) is 0 Å². The van der Waals surface area contributed by atoms with Crippen LogP contribution in [-0.2, 0) is 10.2 Å². The van der Waals surface area contributed by atoms with Gasteiger partial charge in [-0.25, -0.2) is 14.7 Å². The van der Waals surface area contributed by atoms with E-state index in [-0.39, 0.29) is 19.1 Å². The fraction of sp³-hybridized carbons (Fsp3) is 0.500. The van der Waals surface area contributed by atoms with Crippen LogP contribution < -0.4 is 4.72 Å². The predicted molar refractivity (Wildman–Crippen MR) is 58.9 cm³/mol. The number of rotatable bonds is 6. The van der Waals surface area contributed by atoms with Crippen LogP contribution in [0.2, 0.25) is 0 Å². The van der Waals surface area contributed by atoms with E-state index in [4.69, 9.17) is 5.11 Å². The van der Waals surface area contributed by atoms with Gasteiger partial charge in [0.1, 0.15) is 0 Å². The maximum absolute atomic E-state index is 11.7. The molecular weight excluding hydrogens is 232 g/mol. The van der Waals surface area contributed by atoms with Gasteiger partial charge in [-0.1, -0.05) is 0 Å². The SMILES string of the molecule is CN(CCCO)S(=O)(=O)Nc1ncccn1. The maximum atomic E-state index is 11.7. The molecular formula is C8H14N4O3S. The maximum Gasteiger partial charge on any atom is 0.303 e. The average Bonchev–Trinajstić information content (AvgIpc) is 2.26. The summed E-state index contributed by atoms with van der Waals surface area (Å²) in [6.45, 7) is 0.181. The Labute approximate surface area is 94.3 Å². The molecule has 1 heterocycles. The fourth-order valence-electron chi connectivity index (χ4n) is 0.959. The Morgan fingerprint density at radius 2 is 2.06 bits per heavy atom. The lowest BCUT2D eigenvalue weighted by atomic mass is 10.5. The standard InChI is InChI=1S/C8H14N4O3S/c1-12(6-3-7-13)16(14,15)11-8-9-4-2-5-10-8/h2,4-5,13H,3,6-7H2,1H3,(H,9,10,11). The number of aliphatic hydroxyl groups excluding tert-OH is 1. The normalized spacial score (nSPS) is 11.7. The molecule has 1 aromatic rings. The minimum absolute atomic E-state index is 0.0262. The summed E-state index contributed by atoms with van der Waals surface area (Å²) in [5.74, 6) is 0.0262. The lowest BCUT2D eigenvalue weighted by Gasteiger charge is -2.16. The highest BCUT2D eigenvalue weighted by Crippen LogP contribution is 2.03. The van der Waals surface area contributed by atoms with Crippen molar-refractivity contribution in [2.45, 2.75) is 6.42 Å². The highest BCUT2D eigenvalue weighted by Gasteiger charge is 2.17. The zero-order chi connectivity index (χ0) is 12.0. The fourth-order valence-corrected chi connectivity index (χ4v) is 1.82. The quantitative estimate of drug-likeness (QED) is 0.702. The van der Waals surface area contributed by atoms with E-state index in [1.165, 1.54) is 19.4 Å². The van der Waals surface area contributed by atoms with Crippen LogP contribution in [-0.4, -0.2) is 48.0 Å². The summed E-state index contributed by atoms with van der Waals surface area (Å²) in [6, 6.07) is 1.59. The van der Waals surface area contributed by atoms with Crippen molar-refractivity contribution in [2.24, 2.45) is 0 Å². The minimum Gasteiger partial charge on any atom is -0.396 e. The third-order valence-electron chi connectivity index (χ3n) is 1.83. The first-order chi connectivity index (χ1) is 7.56. The van der Waals surface area contributed by atoms with Gasteiger partial charge in [-0.05, 0) is 12.5 Å². The number of nitrogens with zero attached hydrogens (tertiary/aromatic N) is 3. The highest BCUT2D eigenvalue weighted by atomic mass is 32.2. The van der Waals surface area contributed by atoms with Gasteiger partial charge >= 0.3 is 10.2 Å². The van der Waals surface area contributed by atoms with E-state index in [1.54, 1.807) is 6.07 Å². The average molecular weight is 246 g/mol. The van der Waals surface area contributed by atoms with Crippen LogP contribution in [0.3, 0.4) is 0 Å². The molecule has 0 saturated carbocycles. The summed E-state index contributed by atoms with van der Waals surface area (Å²) in [5, 5.41) is 8.60. The molecule has 0 aliphatic carbocycles. The van der Waals surface area contributed by atoms with Gasteiger partial charge in [0, 0.05) is 32.6 Å². The summed E-state index contributed by atoms with van der Waals surface area (Å²) in [7, 11) is -2.22. The van der Waals surface area contributed by atoms with E-state index in [1.807, 2.05) is 0 Å². The van der Waals surface area contributed by atoms with Crippen LogP contribution in [0.25, 0.3) is 0 Å². The van der Waals surface area contributed by atoms with E-state index >= 15 is 0 Å². The number of hydrogen-bond donors (Lipinski definition) is 2. The molecule has 0 atom stereocenters. The highest BCUT2D eigenvalue weighted by molar-refractivity contribution is 7.90. The number of aliphatic hydroxyl groups is 1. The second-order valence-electron chi connectivity index (χ2n) is 3.08. The Kier molecular flexibility index (Phi) is 4.59. The van der Waals surface area contributed by atoms with Gasteiger partial charge in [0.25, 0.3) is 0 Å². The van der Waals surface area contributed by atoms with Crippen LogP contribution in [0.5, 0.6) is 0 Å². The van der Waals surface area contributed by atoms with E-state index in [0.717, 1.165) is 4.31 Å². The Morgan fingerprint density at radius 3 is 2.62 bits per heavy atom. The lowest BCUT2D eigenvalue weighted by molar-refractivity contribution is 0.276. The molecule has 1 rings (SSSR count). The molecule has 0 bridgehead atoms. The van der Waals surface area contributed by atoms with Crippen molar-refractivity contribution in [3.63, 3.8) is 0 Å². The third-order valence-corrected chi connectivity index (χ3v) is 3.27. The number of hydrogen-bond acceptors (Lipinski definition) is 5. The molecule has 0 aliphatic heterocycles. The first-order valence-corrected chi connectivity index (χ1v) is 6.12. The molecule has 0 fully saturated rings. The largest absolute Gasteiger partial charge is 0.396 e. The zero-order valence-corrected chi connectivity index (χ0v) is 9.68. The molecule has 0 spiro atoms. The van der Waals surface area contributed by atoms with Gasteiger partial charge in [0.2, 0.25) is 5.95 Å². The van der Waals surface area contributed by atoms with Gasteiger partial charge in [-0.15, -0.1) is 0 Å². The van der Waals surface area contributed by atoms with Crippen LogP contribution >= 0.6 is 0 Å². The Morgan fingerprint density at radius 1 is 1.44 bits per heavy atom. The number of anilines is 1. The molecule has 0 aliphatic rings. The van der Waals surface area contributed by atoms with E-state index in [0.29, 0.717) is 6.42 Å². The van der Waals surface area contributed by atoms with Crippen molar-refractivity contribution in [1.29, 1.82) is 0 Å². The van der Waals surface area contributed by atoms with E-state index in [2.05, 4.69) is 14.7 Å². The molecule has 0 unspecified atom stereocenters. The first kappa shape index (κ1) is 12.8. The van der Waals surface area contributed by atoms with Gasteiger partial charge in [-0.2, -0.15) is 12.7 Å². The molecule has 2 N–H and O–H groups in total. The van der Waals surface area contributed by atoms with Crippen LogP contribution in [0.15, 0.2) is 18.5 Å². The molecule has 16 heavy (non-hydrogen) atoms. The van der Waals surface area contributed by atoms with Crippen molar-refractivity contribution in [3.05, 3.63) is 18.5 Å². The number of nitrogens with one attached hydrogen (secondary N) is 1. The summed E-state index contributed by atoms with van der Waals surface area (Å²) in [4.78, 5) is 7.50. The van der Waals surface area contributed by atoms with Gasteiger partial charge in [-0.3, -0.25) is 0 Å². The monoisotopic (exact) mass is 246 g/mol. The van der Waals surface area contributed by atoms with Crippen molar-refractivity contribution < 1.29 is 13.5 Å². The third kappa shape index (κ3) is 3.72. The molecule has 0 saturated heterocycles. The molecule has 0 amide bonds. The van der Waals surface area contributed by atoms with E-state index < -0.39 is 10.2 Å². The smallest absolute Gasteiger partial charge is 0.303 e. The van der Waals surface area contributed by atoms with Gasteiger partial charge in [0.05, 0.1) is 0 Å². The van der Waals surface area contributed by atoms with E-state index in [9.17, 15) is 8.42 Å². The minimum atomic E-state index is -3.64. The predicted octanol–water partition coefficient (Wildman–Crippen LogP) is -0.553. The Balaban J connectivity index is 2.65. The van der Waals surface area contributed by atoms with Crippen molar-refractivity contribution in [1.82, 2.24) is 14.3 Å². The number of aromatic nitrogens is 2. The molecule has 1 aromatic heterocycles. The summed E-state index contributed by atoms with van der Waals surface area (Å²) >= 11 is 0. The van der Waals surface area contributed by atoms with Crippen molar-refractivity contribution in [2.75, 3.05) is 24.9 Å². The topological polar surface area (TPSA) is 95.4 Å². The lowest BCUT2D eigenvalue weighted by Crippen LogP contribution is -2.34. The zero-order valence-electron chi connectivity index (χ0n) is 8.87. The Hall–Kier alpha value is -1.25. The first-order valence-electron chi connectivity index (χ1n) is 4.68. The molecule has 7 nitrogen and oxygen atoms in total. The summed E-state index contributed by atoms with van der Waals surface area (Å²) < 4.78 is 26.6. The second-order valence-corrected chi connectivity index (χ2v) is 4.86. The molecule has 8 heteroatoms. The van der Waals surface area contributed by atoms with Crippen molar-refractivity contribution >= 4 is 16.2 Å². The van der Waals surface area contributed by atoms with Crippen LogP contribution in [0.4, 0.5) is 5.95 Å².